The van der Waals surface area contributed by atoms with E-state index in [-0.39, 0.29) is 41.7 Å². The van der Waals surface area contributed by atoms with Crippen molar-refractivity contribution in [3.63, 3.8) is 0 Å². The second-order valence-corrected chi connectivity index (χ2v) is 5.73. The van der Waals surface area contributed by atoms with Crippen molar-refractivity contribution in [1.29, 1.82) is 0 Å². The van der Waals surface area contributed by atoms with E-state index in [2.05, 4.69) is 0 Å². The number of hydrogen-bond donors (Lipinski definition) is 0. The van der Waals surface area contributed by atoms with Gasteiger partial charge in [-0.3, -0.25) is 19.3 Å². The molecule has 0 aromatic heterocycles. The Morgan fingerprint density at radius 1 is 1.12 bits per heavy atom. The molecule has 0 aliphatic carbocycles. The smallest absolute Gasteiger partial charge is 0.338 e. The van der Waals surface area contributed by atoms with E-state index in [0.29, 0.717) is 13.0 Å². The second-order valence-electron chi connectivity index (χ2n) is 5.73. The highest BCUT2D eigenvalue weighted by molar-refractivity contribution is 6.21. The van der Waals surface area contributed by atoms with Crippen molar-refractivity contribution in [2.45, 2.75) is 6.42 Å². The van der Waals surface area contributed by atoms with Gasteiger partial charge in [-0.05, 0) is 24.6 Å². The molecule has 1 aliphatic heterocycles. The number of nitrogens with zero attached hydrogens (tertiary/aromatic N) is 2. The molecule has 8 heteroatoms. The molecule has 0 bridgehead atoms. The fraction of sp³-hybridized carbons (Fsp3) is 0.412. The van der Waals surface area contributed by atoms with Gasteiger partial charge in [0.2, 0.25) is 0 Å². The van der Waals surface area contributed by atoms with Crippen LogP contribution >= 0.6 is 0 Å². The van der Waals surface area contributed by atoms with Crippen LogP contribution in [0.1, 0.15) is 37.5 Å². The molecule has 0 fully saturated rings. The van der Waals surface area contributed by atoms with Crippen molar-refractivity contribution in [2.24, 2.45) is 0 Å². The largest absolute Gasteiger partial charge is 0.452 e. The molecule has 2 rings (SSSR count). The van der Waals surface area contributed by atoms with E-state index in [1.165, 1.54) is 23.1 Å². The maximum absolute atomic E-state index is 12.4. The van der Waals surface area contributed by atoms with E-state index in [1.54, 1.807) is 21.2 Å². The Hall–Kier alpha value is -2.74. The predicted molar refractivity (Wildman–Crippen MR) is 87.3 cm³/mol. The van der Waals surface area contributed by atoms with Gasteiger partial charge in [-0.1, -0.05) is 0 Å². The van der Waals surface area contributed by atoms with Gasteiger partial charge >= 0.3 is 5.97 Å². The number of carbonyl (C=O) groups is 4. The van der Waals surface area contributed by atoms with Crippen molar-refractivity contribution in [3.05, 3.63) is 34.9 Å². The van der Waals surface area contributed by atoms with Crippen molar-refractivity contribution in [1.82, 2.24) is 9.80 Å². The average molecular weight is 348 g/mol. The molecule has 1 heterocycles. The van der Waals surface area contributed by atoms with Gasteiger partial charge in [0.15, 0.2) is 6.61 Å². The molecule has 134 valence electrons. The minimum absolute atomic E-state index is 0.116. The van der Waals surface area contributed by atoms with Crippen LogP contribution in [0.25, 0.3) is 0 Å². The molecule has 0 saturated heterocycles. The van der Waals surface area contributed by atoms with E-state index in [0.717, 1.165) is 4.90 Å². The molecule has 0 atom stereocenters. The Balaban J connectivity index is 2.10. The van der Waals surface area contributed by atoms with E-state index in [9.17, 15) is 19.2 Å². The van der Waals surface area contributed by atoms with Gasteiger partial charge in [0.05, 0.1) is 16.7 Å². The number of amides is 3. The van der Waals surface area contributed by atoms with Crippen molar-refractivity contribution in [3.8, 4) is 0 Å². The number of imide groups is 1. The predicted octanol–water partition coefficient (Wildman–Crippen LogP) is 0.564. The van der Waals surface area contributed by atoms with E-state index in [4.69, 9.17) is 9.47 Å². The third kappa shape index (κ3) is 4.03. The molecule has 25 heavy (non-hydrogen) atoms. The summed E-state index contributed by atoms with van der Waals surface area (Å²) in [5.74, 6) is -1.92. The Labute approximate surface area is 145 Å². The molecular weight excluding hydrogens is 328 g/mol. The highest BCUT2D eigenvalue weighted by Gasteiger charge is 2.35. The summed E-state index contributed by atoms with van der Waals surface area (Å²) in [5.41, 5.74) is 0.532. The topological polar surface area (TPSA) is 93.2 Å². The van der Waals surface area contributed by atoms with Crippen LogP contribution in [0.3, 0.4) is 0 Å². The van der Waals surface area contributed by atoms with Gasteiger partial charge in [0.1, 0.15) is 0 Å². The number of rotatable bonds is 7. The summed E-state index contributed by atoms with van der Waals surface area (Å²) in [6, 6.07) is 4.16. The van der Waals surface area contributed by atoms with E-state index >= 15 is 0 Å². The number of hydrogen-bond acceptors (Lipinski definition) is 6. The molecule has 3 amide bonds. The summed E-state index contributed by atoms with van der Waals surface area (Å²) in [6.07, 6.45) is 0.531. The number of likely N-dealkylation sites (N-methyl/N-ethyl adjacent to an activating group) is 1. The molecular formula is C17H20N2O6. The number of ether oxygens (including phenoxy) is 2. The number of carbonyl (C=O) groups excluding carboxylic acids is 4. The molecule has 1 aliphatic rings. The first-order valence-electron chi connectivity index (χ1n) is 7.73. The molecule has 0 saturated carbocycles. The second kappa shape index (κ2) is 7.89. The van der Waals surface area contributed by atoms with Crippen LogP contribution < -0.4 is 0 Å². The summed E-state index contributed by atoms with van der Waals surface area (Å²) in [6.45, 7) is 0.293. The summed E-state index contributed by atoms with van der Waals surface area (Å²) < 4.78 is 9.84. The minimum atomic E-state index is -0.726. The quantitative estimate of drug-likeness (QED) is 0.406. The lowest BCUT2D eigenvalue weighted by molar-refractivity contribution is -0.131. The number of fused-ring (bicyclic) bond motifs is 1. The molecule has 1 aromatic carbocycles. The maximum atomic E-state index is 12.4. The zero-order chi connectivity index (χ0) is 18.6. The normalized spacial score (nSPS) is 13.0. The molecule has 0 spiro atoms. The zero-order valence-electron chi connectivity index (χ0n) is 14.4. The third-order valence-corrected chi connectivity index (χ3v) is 3.76. The Kier molecular flexibility index (Phi) is 5.87. The molecule has 0 N–H and O–H groups in total. The average Bonchev–Trinajstić information content (AvgIpc) is 2.83. The number of benzene rings is 1. The third-order valence-electron chi connectivity index (χ3n) is 3.76. The SMILES string of the molecule is COCCCN1C(=O)c2ccc(C(=O)OCC(=O)N(C)C)cc2C1=O. The van der Waals surface area contributed by atoms with Gasteiger partial charge in [-0.2, -0.15) is 0 Å². The summed E-state index contributed by atoms with van der Waals surface area (Å²) >= 11 is 0. The lowest BCUT2D eigenvalue weighted by atomic mass is 10.1. The van der Waals surface area contributed by atoms with Crippen LogP contribution in [-0.4, -0.2) is 74.5 Å². The maximum Gasteiger partial charge on any atom is 0.338 e. The first-order chi connectivity index (χ1) is 11.9. The van der Waals surface area contributed by atoms with Crippen LogP contribution in [-0.2, 0) is 14.3 Å². The summed E-state index contributed by atoms with van der Waals surface area (Å²) in [4.78, 5) is 50.6. The van der Waals surface area contributed by atoms with Crippen LogP contribution in [0.5, 0.6) is 0 Å². The molecule has 0 unspecified atom stereocenters. The fourth-order valence-electron chi connectivity index (χ4n) is 2.33. The standard InChI is InChI=1S/C17H20N2O6/c1-18(2)14(20)10-25-17(23)11-5-6-12-13(9-11)16(22)19(15(12)21)7-4-8-24-3/h5-6,9H,4,7-8,10H2,1-3H3. The van der Waals surface area contributed by atoms with Crippen LogP contribution in [0.15, 0.2) is 18.2 Å². The van der Waals surface area contributed by atoms with E-state index < -0.39 is 11.9 Å². The van der Waals surface area contributed by atoms with Gasteiger partial charge < -0.3 is 14.4 Å². The van der Waals surface area contributed by atoms with Crippen molar-refractivity contribution < 1.29 is 28.7 Å². The lowest BCUT2D eigenvalue weighted by Gasteiger charge is -2.12. The fourth-order valence-corrected chi connectivity index (χ4v) is 2.33. The van der Waals surface area contributed by atoms with Gasteiger partial charge in [0.25, 0.3) is 17.7 Å². The number of esters is 1. The summed E-state index contributed by atoms with van der Waals surface area (Å²) in [5, 5.41) is 0. The summed E-state index contributed by atoms with van der Waals surface area (Å²) in [7, 11) is 4.64. The van der Waals surface area contributed by atoms with Crippen LogP contribution in [0.4, 0.5) is 0 Å². The van der Waals surface area contributed by atoms with Crippen LogP contribution in [0.2, 0.25) is 0 Å². The Morgan fingerprint density at radius 3 is 2.44 bits per heavy atom. The number of methoxy groups -OCH3 is 1. The molecule has 1 aromatic rings. The Bertz CT molecular complexity index is 713. The van der Waals surface area contributed by atoms with Gasteiger partial charge in [-0.15, -0.1) is 0 Å². The first-order valence-corrected chi connectivity index (χ1v) is 7.73. The highest BCUT2D eigenvalue weighted by Crippen LogP contribution is 2.24. The van der Waals surface area contributed by atoms with Gasteiger partial charge in [0, 0.05) is 34.4 Å². The van der Waals surface area contributed by atoms with Crippen molar-refractivity contribution in [2.75, 3.05) is 41.0 Å². The first kappa shape index (κ1) is 18.6. The minimum Gasteiger partial charge on any atom is -0.452 e. The monoisotopic (exact) mass is 348 g/mol. The highest BCUT2D eigenvalue weighted by atomic mass is 16.5. The molecule has 8 nitrogen and oxygen atoms in total. The van der Waals surface area contributed by atoms with Gasteiger partial charge in [-0.25, -0.2) is 4.79 Å². The molecule has 0 radical (unpaired) electrons. The lowest BCUT2D eigenvalue weighted by Crippen LogP contribution is -2.31. The van der Waals surface area contributed by atoms with E-state index in [1.807, 2.05) is 0 Å². The Morgan fingerprint density at radius 2 is 1.80 bits per heavy atom. The van der Waals surface area contributed by atoms with Crippen molar-refractivity contribution >= 4 is 23.7 Å². The zero-order valence-corrected chi connectivity index (χ0v) is 14.4. The van der Waals surface area contributed by atoms with Crippen LogP contribution in [0, 0.1) is 0 Å².